The van der Waals surface area contributed by atoms with Gasteiger partial charge in [-0.1, -0.05) is 0 Å². The maximum absolute atomic E-state index is 11.8. The van der Waals surface area contributed by atoms with Gasteiger partial charge in [-0.05, 0) is 24.3 Å². The number of carbonyl (C=O) groups excluding carboxylic acids is 2. The molecule has 1 heterocycles. The first-order valence-corrected chi connectivity index (χ1v) is 7.12. The molecule has 0 spiro atoms. The first kappa shape index (κ1) is 16.1. The van der Waals surface area contributed by atoms with Crippen LogP contribution in [0.1, 0.15) is 0 Å². The minimum Gasteiger partial charge on any atom is -0.497 e. The first-order valence-electron chi connectivity index (χ1n) is 7.12. The number of rotatable bonds is 5. The molecule has 0 aromatic heterocycles. The molecule has 1 aliphatic rings. The summed E-state index contributed by atoms with van der Waals surface area (Å²) in [6.07, 6.45) is 0. The highest BCUT2D eigenvalue weighted by Gasteiger charge is 2.23. The summed E-state index contributed by atoms with van der Waals surface area (Å²) in [7, 11) is 1.59. The van der Waals surface area contributed by atoms with Gasteiger partial charge in [-0.15, -0.1) is 0 Å². The first-order chi connectivity index (χ1) is 10.7. The minimum atomic E-state index is -0.611. The van der Waals surface area contributed by atoms with Crippen LogP contribution in [0.4, 0.5) is 0 Å². The minimum absolute atomic E-state index is 0.265. The molecule has 2 amide bonds. The summed E-state index contributed by atoms with van der Waals surface area (Å²) in [4.78, 5) is 25.0. The van der Waals surface area contributed by atoms with E-state index >= 15 is 0 Å². The Morgan fingerprint density at radius 3 is 2.45 bits per heavy atom. The molecule has 1 aromatic carbocycles. The molecule has 7 nitrogen and oxygen atoms in total. The Morgan fingerprint density at radius 2 is 1.82 bits per heavy atom. The van der Waals surface area contributed by atoms with Gasteiger partial charge in [-0.25, -0.2) is 0 Å². The van der Waals surface area contributed by atoms with Crippen LogP contribution in [0.25, 0.3) is 0 Å². The average molecular weight is 308 g/mol. The predicted octanol–water partition coefficient (Wildman–Crippen LogP) is 0.0490. The summed E-state index contributed by atoms with van der Waals surface area (Å²) in [6, 6.07) is 7.13. The van der Waals surface area contributed by atoms with E-state index < -0.39 is 11.8 Å². The molecule has 0 bridgehead atoms. The number of amides is 2. The van der Waals surface area contributed by atoms with Crippen LogP contribution in [0.3, 0.4) is 0 Å². The molecule has 1 N–H and O–H groups in total. The monoisotopic (exact) mass is 308 g/mol. The van der Waals surface area contributed by atoms with Crippen LogP contribution < -0.4 is 14.8 Å². The van der Waals surface area contributed by atoms with Gasteiger partial charge in [-0.3, -0.25) is 9.59 Å². The Morgan fingerprint density at radius 1 is 1.18 bits per heavy atom. The van der Waals surface area contributed by atoms with E-state index in [0.717, 1.165) is 5.75 Å². The number of hydrogen-bond acceptors (Lipinski definition) is 5. The highest BCUT2D eigenvalue weighted by molar-refractivity contribution is 6.35. The standard InChI is InChI=1S/C15H20N2O5/c1-20-12-2-4-13(5-3-12)22-9-6-16-14(18)15(19)17-7-10-21-11-8-17/h2-5H,6-11H2,1H3,(H,16,18). The largest absolute Gasteiger partial charge is 0.497 e. The van der Waals surface area contributed by atoms with Crippen molar-refractivity contribution in [2.75, 3.05) is 46.6 Å². The lowest BCUT2D eigenvalue weighted by atomic mass is 10.3. The number of nitrogens with one attached hydrogen (secondary N) is 1. The molecule has 0 saturated carbocycles. The van der Waals surface area contributed by atoms with Crippen molar-refractivity contribution in [1.82, 2.24) is 10.2 Å². The smallest absolute Gasteiger partial charge is 0.312 e. The van der Waals surface area contributed by atoms with Crippen LogP contribution in [0.5, 0.6) is 11.5 Å². The van der Waals surface area contributed by atoms with E-state index in [-0.39, 0.29) is 13.2 Å². The van der Waals surface area contributed by atoms with Crippen molar-refractivity contribution in [1.29, 1.82) is 0 Å². The Bertz CT molecular complexity index is 497. The second-order valence-corrected chi connectivity index (χ2v) is 4.68. The third kappa shape index (κ3) is 4.63. The second kappa shape index (κ2) is 8.23. The number of methoxy groups -OCH3 is 1. The molecule has 1 aliphatic heterocycles. The van der Waals surface area contributed by atoms with Gasteiger partial charge in [0.2, 0.25) is 0 Å². The number of hydrogen-bond donors (Lipinski definition) is 1. The normalized spacial score (nSPS) is 14.3. The van der Waals surface area contributed by atoms with Crippen molar-refractivity contribution in [3.05, 3.63) is 24.3 Å². The van der Waals surface area contributed by atoms with Crippen LogP contribution in [0.2, 0.25) is 0 Å². The topological polar surface area (TPSA) is 77.1 Å². The third-order valence-electron chi connectivity index (χ3n) is 3.21. The molecule has 120 valence electrons. The molecule has 22 heavy (non-hydrogen) atoms. The van der Waals surface area contributed by atoms with Gasteiger partial charge in [0.15, 0.2) is 0 Å². The zero-order chi connectivity index (χ0) is 15.8. The summed E-state index contributed by atoms with van der Waals surface area (Å²) in [6.45, 7) is 2.40. The van der Waals surface area contributed by atoms with Gasteiger partial charge in [-0.2, -0.15) is 0 Å². The quantitative estimate of drug-likeness (QED) is 0.614. The zero-order valence-corrected chi connectivity index (χ0v) is 12.5. The lowest BCUT2D eigenvalue weighted by molar-refractivity contribution is -0.148. The summed E-state index contributed by atoms with van der Waals surface area (Å²) < 4.78 is 15.7. The van der Waals surface area contributed by atoms with E-state index in [1.54, 1.807) is 31.4 Å². The number of morpholine rings is 1. The molecule has 0 aliphatic carbocycles. The molecular formula is C15H20N2O5. The summed E-state index contributed by atoms with van der Waals surface area (Å²) in [5, 5.41) is 2.55. The maximum atomic E-state index is 11.8. The molecular weight excluding hydrogens is 288 g/mol. The fourth-order valence-electron chi connectivity index (χ4n) is 1.99. The molecule has 0 radical (unpaired) electrons. The summed E-state index contributed by atoms with van der Waals surface area (Å²) in [5.74, 6) is 0.291. The molecule has 0 atom stereocenters. The highest BCUT2D eigenvalue weighted by atomic mass is 16.5. The van der Waals surface area contributed by atoms with Crippen LogP contribution >= 0.6 is 0 Å². The van der Waals surface area contributed by atoms with E-state index in [1.165, 1.54) is 4.90 Å². The molecule has 1 aromatic rings. The Labute approximate surface area is 129 Å². The summed E-state index contributed by atoms with van der Waals surface area (Å²) >= 11 is 0. The maximum Gasteiger partial charge on any atom is 0.312 e. The molecule has 0 unspecified atom stereocenters. The van der Waals surface area contributed by atoms with Crippen LogP contribution in [-0.2, 0) is 14.3 Å². The lowest BCUT2D eigenvalue weighted by Gasteiger charge is -2.26. The van der Waals surface area contributed by atoms with Crippen molar-refractivity contribution < 1.29 is 23.8 Å². The molecule has 7 heteroatoms. The zero-order valence-electron chi connectivity index (χ0n) is 12.5. The Hall–Kier alpha value is -2.28. The highest BCUT2D eigenvalue weighted by Crippen LogP contribution is 2.16. The number of ether oxygens (including phenoxy) is 3. The fraction of sp³-hybridized carbons (Fsp3) is 0.467. The molecule has 1 fully saturated rings. The van der Waals surface area contributed by atoms with Gasteiger partial charge in [0.25, 0.3) is 0 Å². The van der Waals surface area contributed by atoms with Crippen LogP contribution in [-0.4, -0.2) is 63.3 Å². The SMILES string of the molecule is COc1ccc(OCCNC(=O)C(=O)N2CCOCC2)cc1. The number of nitrogens with zero attached hydrogens (tertiary/aromatic N) is 1. The van der Waals surface area contributed by atoms with Gasteiger partial charge < -0.3 is 24.4 Å². The van der Waals surface area contributed by atoms with Crippen LogP contribution in [0, 0.1) is 0 Å². The van der Waals surface area contributed by atoms with E-state index in [0.29, 0.717) is 32.1 Å². The lowest BCUT2D eigenvalue weighted by Crippen LogP contribution is -2.48. The molecule has 1 saturated heterocycles. The van der Waals surface area contributed by atoms with Crippen LogP contribution in [0.15, 0.2) is 24.3 Å². The van der Waals surface area contributed by atoms with Crippen molar-refractivity contribution in [2.24, 2.45) is 0 Å². The van der Waals surface area contributed by atoms with Crippen molar-refractivity contribution in [2.45, 2.75) is 0 Å². The van der Waals surface area contributed by atoms with Gasteiger partial charge in [0, 0.05) is 13.1 Å². The average Bonchev–Trinajstić information content (AvgIpc) is 2.59. The predicted molar refractivity (Wildman–Crippen MR) is 78.9 cm³/mol. The van der Waals surface area contributed by atoms with Gasteiger partial charge in [0.1, 0.15) is 18.1 Å². The fourth-order valence-corrected chi connectivity index (χ4v) is 1.99. The van der Waals surface area contributed by atoms with Crippen molar-refractivity contribution in [3.8, 4) is 11.5 Å². The third-order valence-corrected chi connectivity index (χ3v) is 3.21. The number of carbonyl (C=O) groups is 2. The van der Waals surface area contributed by atoms with E-state index in [9.17, 15) is 9.59 Å². The van der Waals surface area contributed by atoms with E-state index in [2.05, 4.69) is 5.32 Å². The van der Waals surface area contributed by atoms with Gasteiger partial charge >= 0.3 is 11.8 Å². The summed E-state index contributed by atoms with van der Waals surface area (Å²) in [5.41, 5.74) is 0. The van der Waals surface area contributed by atoms with Gasteiger partial charge in [0.05, 0.1) is 26.9 Å². The second-order valence-electron chi connectivity index (χ2n) is 4.68. The van der Waals surface area contributed by atoms with E-state index in [1.807, 2.05) is 0 Å². The Balaban J connectivity index is 1.66. The van der Waals surface area contributed by atoms with E-state index in [4.69, 9.17) is 14.2 Å². The van der Waals surface area contributed by atoms with Crippen molar-refractivity contribution in [3.63, 3.8) is 0 Å². The molecule has 2 rings (SSSR count). The van der Waals surface area contributed by atoms with Crippen molar-refractivity contribution >= 4 is 11.8 Å². The number of benzene rings is 1. The Kier molecular flexibility index (Phi) is 6.02.